The molecular weight excluding hydrogens is 232 g/mol. The Bertz CT molecular complexity index is 289. The lowest BCUT2D eigenvalue weighted by Gasteiger charge is -2.07. The van der Waals surface area contributed by atoms with Crippen LogP contribution in [0.4, 0.5) is 0 Å². The summed E-state index contributed by atoms with van der Waals surface area (Å²) in [5.41, 5.74) is 0.897. The first-order valence-electron chi connectivity index (χ1n) is 4.21. The number of rotatable bonds is 3. The van der Waals surface area contributed by atoms with Crippen molar-refractivity contribution in [1.29, 1.82) is 0 Å². The molecule has 0 N–H and O–H groups in total. The van der Waals surface area contributed by atoms with Crippen molar-refractivity contribution < 1.29 is 4.74 Å². The first-order chi connectivity index (χ1) is 6.09. The first-order valence-corrected chi connectivity index (χ1v) is 5.01. The maximum absolute atomic E-state index is 5.36. The summed E-state index contributed by atoms with van der Waals surface area (Å²) in [4.78, 5) is 8.20. The molecule has 0 aliphatic carbocycles. The first kappa shape index (κ1) is 10.4. The summed E-state index contributed by atoms with van der Waals surface area (Å²) in [6.07, 6.45) is 1.71. The van der Waals surface area contributed by atoms with Gasteiger partial charge in [-0.3, -0.25) is 0 Å². The third-order valence-corrected chi connectivity index (χ3v) is 2.22. The van der Waals surface area contributed by atoms with Crippen LogP contribution < -0.4 is 4.74 Å². The minimum atomic E-state index is 0.453. The molecule has 0 saturated carbocycles. The van der Waals surface area contributed by atoms with Crippen molar-refractivity contribution in [3.05, 3.63) is 16.4 Å². The second kappa shape index (κ2) is 4.56. The van der Waals surface area contributed by atoms with Crippen molar-refractivity contribution in [2.24, 2.45) is 5.92 Å². The molecule has 72 valence electrons. The Balaban J connectivity index is 2.63. The second-order valence-corrected chi connectivity index (χ2v) is 4.15. The molecule has 13 heavy (non-hydrogen) atoms. The van der Waals surface area contributed by atoms with E-state index in [-0.39, 0.29) is 0 Å². The minimum Gasteiger partial charge on any atom is -0.463 e. The van der Waals surface area contributed by atoms with E-state index in [1.807, 2.05) is 6.92 Å². The standard InChI is InChI=1S/C9H13BrN2O/c1-6(2)5-13-9-11-4-8(10)7(3)12-9/h4,6H,5H2,1-3H3. The van der Waals surface area contributed by atoms with Crippen LogP contribution in [0.5, 0.6) is 6.01 Å². The number of aromatic nitrogens is 2. The molecule has 1 aromatic rings. The van der Waals surface area contributed by atoms with Gasteiger partial charge in [0.25, 0.3) is 0 Å². The highest BCUT2D eigenvalue weighted by Gasteiger charge is 2.02. The Labute approximate surface area is 86.7 Å². The van der Waals surface area contributed by atoms with E-state index in [2.05, 4.69) is 39.7 Å². The van der Waals surface area contributed by atoms with E-state index >= 15 is 0 Å². The van der Waals surface area contributed by atoms with Crippen LogP contribution in [0, 0.1) is 12.8 Å². The number of ether oxygens (including phenoxy) is 1. The highest BCUT2D eigenvalue weighted by Crippen LogP contribution is 2.14. The van der Waals surface area contributed by atoms with E-state index in [1.165, 1.54) is 0 Å². The Morgan fingerprint density at radius 1 is 1.54 bits per heavy atom. The van der Waals surface area contributed by atoms with Gasteiger partial charge in [-0.25, -0.2) is 4.98 Å². The van der Waals surface area contributed by atoms with Gasteiger partial charge in [0.15, 0.2) is 0 Å². The van der Waals surface area contributed by atoms with Gasteiger partial charge in [-0.2, -0.15) is 4.98 Å². The molecule has 0 amide bonds. The Kier molecular flexibility index (Phi) is 3.66. The van der Waals surface area contributed by atoms with E-state index in [1.54, 1.807) is 6.20 Å². The minimum absolute atomic E-state index is 0.453. The lowest BCUT2D eigenvalue weighted by Crippen LogP contribution is -2.07. The number of nitrogens with zero attached hydrogens (tertiary/aromatic N) is 2. The predicted octanol–water partition coefficient (Wildman–Crippen LogP) is 2.58. The SMILES string of the molecule is Cc1nc(OCC(C)C)ncc1Br. The third-order valence-electron chi connectivity index (χ3n) is 1.44. The topological polar surface area (TPSA) is 35.0 Å². The zero-order chi connectivity index (χ0) is 9.84. The highest BCUT2D eigenvalue weighted by atomic mass is 79.9. The quantitative estimate of drug-likeness (QED) is 0.820. The molecule has 1 heterocycles. The molecule has 0 fully saturated rings. The van der Waals surface area contributed by atoms with Crippen molar-refractivity contribution in [3.8, 4) is 6.01 Å². The molecule has 0 aliphatic rings. The van der Waals surface area contributed by atoms with Gasteiger partial charge in [-0.15, -0.1) is 0 Å². The lowest BCUT2D eigenvalue weighted by molar-refractivity contribution is 0.250. The Hall–Kier alpha value is -0.640. The molecule has 0 aromatic carbocycles. The maximum Gasteiger partial charge on any atom is 0.316 e. The zero-order valence-corrected chi connectivity index (χ0v) is 9.63. The summed E-state index contributed by atoms with van der Waals surface area (Å²) in [7, 11) is 0. The Morgan fingerprint density at radius 2 is 2.23 bits per heavy atom. The largest absolute Gasteiger partial charge is 0.463 e. The highest BCUT2D eigenvalue weighted by molar-refractivity contribution is 9.10. The van der Waals surface area contributed by atoms with Gasteiger partial charge in [0.2, 0.25) is 0 Å². The average molecular weight is 245 g/mol. The lowest BCUT2D eigenvalue weighted by atomic mass is 10.2. The summed E-state index contributed by atoms with van der Waals surface area (Å²) < 4.78 is 6.27. The number of hydrogen-bond donors (Lipinski definition) is 0. The van der Waals surface area contributed by atoms with Gasteiger partial charge >= 0.3 is 6.01 Å². The third kappa shape index (κ3) is 3.30. The molecule has 0 radical (unpaired) electrons. The van der Waals surface area contributed by atoms with Crippen LogP contribution in [-0.2, 0) is 0 Å². The molecule has 0 saturated heterocycles. The van der Waals surface area contributed by atoms with Gasteiger partial charge < -0.3 is 4.74 Å². The fourth-order valence-electron chi connectivity index (χ4n) is 0.742. The van der Waals surface area contributed by atoms with Crippen molar-refractivity contribution in [1.82, 2.24) is 9.97 Å². The molecule has 0 unspecified atom stereocenters. The zero-order valence-electron chi connectivity index (χ0n) is 8.04. The Morgan fingerprint density at radius 3 is 2.77 bits per heavy atom. The van der Waals surface area contributed by atoms with E-state index in [4.69, 9.17) is 4.74 Å². The van der Waals surface area contributed by atoms with Gasteiger partial charge in [0.05, 0.1) is 16.8 Å². The van der Waals surface area contributed by atoms with Crippen LogP contribution in [0.15, 0.2) is 10.7 Å². The van der Waals surface area contributed by atoms with Gasteiger partial charge in [0.1, 0.15) is 0 Å². The fraction of sp³-hybridized carbons (Fsp3) is 0.556. The maximum atomic E-state index is 5.36. The molecule has 0 spiro atoms. The predicted molar refractivity (Wildman–Crippen MR) is 54.8 cm³/mol. The van der Waals surface area contributed by atoms with E-state index in [0.29, 0.717) is 18.5 Å². The molecular formula is C9H13BrN2O. The molecule has 1 aromatic heterocycles. The number of aryl methyl sites for hydroxylation is 1. The smallest absolute Gasteiger partial charge is 0.316 e. The van der Waals surface area contributed by atoms with Gasteiger partial charge in [0, 0.05) is 6.20 Å². The monoisotopic (exact) mass is 244 g/mol. The summed E-state index contributed by atoms with van der Waals surface area (Å²) in [6, 6.07) is 0.453. The molecule has 0 aliphatic heterocycles. The normalized spacial score (nSPS) is 10.5. The second-order valence-electron chi connectivity index (χ2n) is 3.29. The molecule has 3 nitrogen and oxygen atoms in total. The fourth-order valence-corrected chi connectivity index (χ4v) is 0.933. The summed E-state index contributed by atoms with van der Waals surface area (Å²) >= 11 is 3.33. The van der Waals surface area contributed by atoms with Crippen molar-refractivity contribution in [3.63, 3.8) is 0 Å². The summed E-state index contributed by atoms with van der Waals surface area (Å²) in [5.74, 6) is 0.493. The van der Waals surface area contributed by atoms with Crippen molar-refractivity contribution in [2.45, 2.75) is 20.8 Å². The molecule has 0 bridgehead atoms. The molecule has 4 heteroatoms. The van der Waals surface area contributed by atoms with E-state index < -0.39 is 0 Å². The van der Waals surface area contributed by atoms with Crippen LogP contribution in [0.25, 0.3) is 0 Å². The summed E-state index contributed by atoms with van der Waals surface area (Å²) in [6.45, 7) is 6.74. The van der Waals surface area contributed by atoms with Crippen LogP contribution in [0.1, 0.15) is 19.5 Å². The van der Waals surface area contributed by atoms with Crippen LogP contribution in [0.2, 0.25) is 0 Å². The van der Waals surface area contributed by atoms with E-state index in [9.17, 15) is 0 Å². The van der Waals surface area contributed by atoms with Crippen LogP contribution >= 0.6 is 15.9 Å². The molecule has 1 rings (SSSR count). The molecule has 0 atom stereocenters. The van der Waals surface area contributed by atoms with Gasteiger partial charge in [-0.1, -0.05) is 13.8 Å². The summed E-state index contributed by atoms with van der Waals surface area (Å²) in [5, 5.41) is 0. The van der Waals surface area contributed by atoms with Crippen molar-refractivity contribution in [2.75, 3.05) is 6.61 Å². The number of halogens is 1. The van der Waals surface area contributed by atoms with Gasteiger partial charge in [-0.05, 0) is 28.8 Å². The van der Waals surface area contributed by atoms with E-state index in [0.717, 1.165) is 10.2 Å². The number of hydrogen-bond acceptors (Lipinski definition) is 3. The van der Waals surface area contributed by atoms with Crippen LogP contribution in [0.3, 0.4) is 0 Å². The van der Waals surface area contributed by atoms with Crippen LogP contribution in [-0.4, -0.2) is 16.6 Å². The average Bonchev–Trinajstić information content (AvgIpc) is 2.07. The van der Waals surface area contributed by atoms with Crippen molar-refractivity contribution >= 4 is 15.9 Å².